The summed E-state index contributed by atoms with van der Waals surface area (Å²) in [5.74, 6) is -0.195. The van der Waals surface area contributed by atoms with Gasteiger partial charge < -0.3 is 19.8 Å². The molecule has 3 N–H and O–H groups in total. The van der Waals surface area contributed by atoms with Gasteiger partial charge in [-0.25, -0.2) is 4.57 Å². The molecule has 0 aliphatic heterocycles. The molecular formula is C62H110N2O6P+. The lowest BCUT2D eigenvalue weighted by molar-refractivity contribution is -0.870. The zero-order chi connectivity index (χ0) is 52.0. The SMILES string of the molecule is CC/C=C\C/C=C\C/C=C\C/C=C\C/C=C\C/C=C\CCCCCCCCCCCCCCCCCCCCC(=O)NC(COP(=O)(O)OCC[N+](C)(C)C)C(O)/C=C/CC/C=C/CC/C=C/CCCC. The minimum Gasteiger partial charge on any atom is -0.387 e. The first kappa shape index (κ1) is 68.2. The van der Waals surface area contributed by atoms with E-state index in [-0.39, 0.29) is 19.1 Å². The number of likely N-dealkylation sites (N-methyl/N-ethyl adjacent to an activating group) is 1. The number of aliphatic hydroxyl groups excluding tert-OH is 1. The van der Waals surface area contributed by atoms with E-state index >= 15 is 0 Å². The largest absolute Gasteiger partial charge is 0.472 e. The van der Waals surface area contributed by atoms with Gasteiger partial charge in [-0.2, -0.15) is 0 Å². The molecule has 0 fully saturated rings. The first-order valence-corrected chi connectivity index (χ1v) is 30.3. The Labute approximate surface area is 438 Å². The average molecular weight is 1010 g/mol. The number of quaternary nitrogens is 1. The summed E-state index contributed by atoms with van der Waals surface area (Å²) in [5, 5.41) is 13.8. The van der Waals surface area contributed by atoms with E-state index in [0.717, 1.165) is 89.9 Å². The van der Waals surface area contributed by atoms with E-state index in [2.05, 4.69) is 116 Å². The maximum Gasteiger partial charge on any atom is 0.472 e. The molecule has 1 amide bonds. The predicted octanol–water partition coefficient (Wildman–Crippen LogP) is 17.6. The van der Waals surface area contributed by atoms with Crippen molar-refractivity contribution in [2.45, 2.75) is 238 Å². The zero-order valence-corrected chi connectivity index (χ0v) is 47.3. The molecule has 0 bridgehead atoms. The Kier molecular flexibility index (Phi) is 50.0. The highest BCUT2D eigenvalue weighted by Gasteiger charge is 2.27. The van der Waals surface area contributed by atoms with E-state index in [9.17, 15) is 19.4 Å². The Morgan fingerprint density at radius 1 is 0.493 bits per heavy atom. The van der Waals surface area contributed by atoms with Crippen LogP contribution in [0.15, 0.2) is 109 Å². The number of phosphoric acid groups is 1. The molecule has 0 spiro atoms. The molecule has 3 unspecified atom stereocenters. The molecular weight excluding hydrogens is 900 g/mol. The third kappa shape index (κ3) is 54.8. The molecule has 8 nitrogen and oxygen atoms in total. The number of unbranched alkanes of at least 4 members (excludes halogenated alkanes) is 22. The van der Waals surface area contributed by atoms with Crippen LogP contribution in [0.4, 0.5) is 0 Å². The number of phosphoric ester groups is 1. The molecule has 9 heteroatoms. The van der Waals surface area contributed by atoms with Crippen LogP contribution in [-0.4, -0.2) is 73.4 Å². The van der Waals surface area contributed by atoms with E-state index in [1.807, 2.05) is 27.2 Å². The van der Waals surface area contributed by atoms with E-state index in [0.29, 0.717) is 17.4 Å². The van der Waals surface area contributed by atoms with Crippen molar-refractivity contribution >= 4 is 13.7 Å². The topological polar surface area (TPSA) is 105 Å². The minimum atomic E-state index is -4.36. The second-order valence-corrected chi connectivity index (χ2v) is 21.7. The van der Waals surface area contributed by atoms with Gasteiger partial charge in [0, 0.05) is 6.42 Å². The highest BCUT2D eigenvalue weighted by Crippen LogP contribution is 2.43. The molecule has 0 saturated carbocycles. The third-order valence-electron chi connectivity index (χ3n) is 12.2. The molecule has 0 aliphatic carbocycles. The number of hydrogen-bond donors (Lipinski definition) is 3. The van der Waals surface area contributed by atoms with Crippen molar-refractivity contribution in [1.82, 2.24) is 5.32 Å². The summed E-state index contributed by atoms with van der Waals surface area (Å²) in [5.41, 5.74) is 0. The Hall–Kier alpha value is -2.84. The summed E-state index contributed by atoms with van der Waals surface area (Å²) in [6.45, 7) is 4.61. The average Bonchev–Trinajstić information content (AvgIpc) is 3.33. The van der Waals surface area contributed by atoms with Gasteiger partial charge in [0.15, 0.2) is 0 Å². The van der Waals surface area contributed by atoms with Crippen LogP contribution in [0.2, 0.25) is 0 Å². The lowest BCUT2D eigenvalue weighted by Gasteiger charge is -2.25. The summed E-state index contributed by atoms with van der Waals surface area (Å²) in [4.78, 5) is 23.2. The second-order valence-electron chi connectivity index (χ2n) is 20.3. The van der Waals surface area contributed by atoms with Crippen LogP contribution in [0.1, 0.15) is 226 Å². The van der Waals surface area contributed by atoms with Crippen molar-refractivity contribution < 1.29 is 32.9 Å². The van der Waals surface area contributed by atoms with Gasteiger partial charge in [-0.15, -0.1) is 0 Å². The summed E-state index contributed by atoms with van der Waals surface area (Å²) < 4.78 is 23.6. The lowest BCUT2D eigenvalue weighted by Crippen LogP contribution is -2.45. The molecule has 0 saturated heterocycles. The predicted molar refractivity (Wildman–Crippen MR) is 309 cm³/mol. The Balaban J connectivity index is 4.01. The van der Waals surface area contributed by atoms with Crippen LogP contribution >= 0.6 is 7.82 Å². The lowest BCUT2D eigenvalue weighted by atomic mass is 10.0. The fraction of sp³-hybridized carbons (Fsp3) is 0.694. The fourth-order valence-corrected chi connectivity index (χ4v) is 8.45. The maximum atomic E-state index is 12.9. The van der Waals surface area contributed by atoms with Crippen LogP contribution in [0.3, 0.4) is 0 Å². The van der Waals surface area contributed by atoms with Gasteiger partial charge in [-0.3, -0.25) is 13.8 Å². The number of carbonyl (C=O) groups excluding carboxylic acids is 1. The van der Waals surface area contributed by atoms with Crippen molar-refractivity contribution in [2.75, 3.05) is 40.9 Å². The number of amides is 1. The molecule has 0 rings (SSSR count). The van der Waals surface area contributed by atoms with Crippen molar-refractivity contribution in [3.8, 4) is 0 Å². The standard InChI is InChI=1S/C62H109N2O6P/c1-6-8-10-12-14-16-18-20-21-22-23-24-25-26-27-28-29-30-31-32-33-34-35-36-37-38-39-40-41-42-43-44-46-48-50-52-54-56-62(66)63-60(59-70-71(67,68)69-58-57-64(3,4)5)61(65)55-53-51-49-47-45-19-17-15-13-11-9-7-2/h8,10,13-16,20-21,23-24,26-27,29-30,45,47,53,55,60-61,65H,6-7,9,11-12,17-19,22,25,28,31-44,46,48-52,54,56-59H2,1-5H3,(H-,63,66,67,68)/p+1/b10-8-,15-13+,16-14-,21-20-,24-23-,27-26-,30-29-,47-45+,55-53+. The van der Waals surface area contributed by atoms with Crippen molar-refractivity contribution in [3.63, 3.8) is 0 Å². The number of aliphatic hydroxyl groups is 1. The van der Waals surface area contributed by atoms with Crippen molar-refractivity contribution in [3.05, 3.63) is 109 Å². The van der Waals surface area contributed by atoms with Gasteiger partial charge in [-0.1, -0.05) is 239 Å². The van der Waals surface area contributed by atoms with Gasteiger partial charge in [0.25, 0.3) is 0 Å². The minimum absolute atomic E-state index is 0.0501. The van der Waals surface area contributed by atoms with Crippen LogP contribution in [-0.2, 0) is 18.4 Å². The van der Waals surface area contributed by atoms with Gasteiger partial charge in [0.05, 0.1) is 39.9 Å². The summed E-state index contributed by atoms with van der Waals surface area (Å²) >= 11 is 0. The van der Waals surface area contributed by atoms with Crippen molar-refractivity contribution in [1.29, 1.82) is 0 Å². The number of carbonyl (C=O) groups is 1. The number of hydrogen-bond acceptors (Lipinski definition) is 5. The molecule has 0 radical (unpaired) electrons. The van der Waals surface area contributed by atoms with E-state index in [4.69, 9.17) is 9.05 Å². The van der Waals surface area contributed by atoms with Crippen LogP contribution in [0, 0.1) is 0 Å². The molecule has 0 aliphatic rings. The third-order valence-corrected chi connectivity index (χ3v) is 13.2. The van der Waals surface area contributed by atoms with E-state index in [1.165, 1.54) is 116 Å². The van der Waals surface area contributed by atoms with Crippen LogP contribution in [0.25, 0.3) is 0 Å². The number of rotatable bonds is 51. The van der Waals surface area contributed by atoms with Gasteiger partial charge >= 0.3 is 7.82 Å². The smallest absolute Gasteiger partial charge is 0.387 e. The quantitative estimate of drug-likeness (QED) is 0.0243. The Morgan fingerprint density at radius 2 is 0.859 bits per heavy atom. The van der Waals surface area contributed by atoms with Gasteiger partial charge in [0.1, 0.15) is 13.2 Å². The molecule has 0 aromatic rings. The summed E-state index contributed by atoms with van der Waals surface area (Å²) in [6, 6.07) is -0.873. The molecule has 408 valence electrons. The normalized spacial score (nSPS) is 14.7. The van der Waals surface area contributed by atoms with E-state index < -0.39 is 20.0 Å². The fourth-order valence-electron chi connectivity index (χ4n) is 7.71. The number of nitrogens with zero attached hydrogens (tertiary/aromatic N) is 1. The maximum absolute atomic E-state index is 12.9. The molecule has 3 atom stereocenters. The number of allylic oxidation sites excluding steroid dienone is 17. The number of nitrogens with one attached hydrogen (secondary N) is 1. The first-order valence-electron chi connectivity index (χ1n) is 28.8. The molecule has 0 heterocycles. The van der Waals surface area contributed by atoms with E-state index in [1.54, 1.807) is 6.08 Å². The van der Waals surface area contributed by atoms with Crippen LogP contribution < -0.4 is 5.32 Å². The van der Waals surface area contributed by atoms with Crippen LogP contribution in [0.5, 0.6) is 0 Å². The van der Waals surface area contributed by atoms with Gasteiger partial charge in [-0.05, 0) is 89.9 Å². The Morgan fingerprint density at radius 3 is 1.30 bits per heavy atom. The highest BCUT2D eigenvalue weighted by atomic mass is 31.2. The molecule has 0 aromatic heterocycles. The molecule has 0 aromatic carbocycles. The summed E-state index contributed by atoms with van der Waals surface area (Å²) in [6.07, 6.45) is 76.4. The highest BCUT2D eigenvalue weighted by molar-refractivity contribution is 7.47. The van der Waals surface area contributed by atoms with Gasteiger partial charge in [0.2, 0.25) is 5.91 Å². The Bertz CT molecular complexity index is 1520. The monoisotopic (exact) mass is 1010 g/mol. The molecule has 71 heavy (non-hydrogen) atoms. The summed E-state index contributed by atoms with van der Waals surface area (Å²) in [7, 11) is 1.54. The zero-order valence-electron chi connectivity index (χ0n) is 46.4. The van der Waals surface area contributed by atoms with Crippen molar-refractivity contribution in [2.24, 2.45) is 0 Å². The first-order chi connectivity index (χ1) is 34.5. The second kappa shape index (κ2) is 52.0.